The number of amides is 1. The lowest BCUT2D eigenvalue weighted by atomic mass is 10.1. The van der Waals surface area contributed by atoms with Crippen molar-refractivity contribution in [3.63, 3.8) is 0 Å². The molecule has 3 aromatic carbocycles. The summed E-state index contributed by atoms with van der Waals surface area (Å²) in [5, 5.41) is 11.3. The van der Waals surface area contributed by atoms with Gasteiger partial charge in [0.25, 0.3) is 11.5 Å². The molecule has 4 rings (SSSR count). The minimum atomic E-state index is -0.473. The lowest BCUT2D eigenvalue weighted by Crippen LogP contribution is -2.27. The summed E-state index contributed by atoms with van der Waals surface area (Å²) in [5.41, 5.74) is 3.26. The molecular formula is C21H16N4O2. The number of nitrogens with zero attached hydrogens (tertiary/aromatic N) is 3. The fraction of sp³-hybridized carbons (Fsp3) is 0.0476. The first kappa shape index (κ1) is 16.7. The van der Waals surface area contributed by atoms with Gasteiger partial charge in [-0.1, -0.05) is 54.6 Å². The van der Waals surface area contributed by atoms with E-state index in [4.69, 9.17) is 0 Å². The van der Waals surface area contributed by atoms with Gasteiger partial charge in [0.15, 0.2) is 5.69 Å². The van der Waals surface area contributed by atoms with Crippen LogP contribution in [0.3, 0.4) is 0 Å². The third-order valence-corrected chi connectivity index (χ3v) is 4.32. The normalized spacial score (nSPS) is 11.3. The number of rotatable bonds is 3. The average molecular weight is 356 g/mol. The summed E-state index contributed by atoms with van der Waals surface area (Å²) in [6.07, 6.45) is 1.58. The Balaban J connectivity index is 1.61. The predicted molar refractivity (Wildman–Crippen MR) is 106 cm³/mol. The summed E-state index contributed by atoms with van der Waals surface area (Å²) in [6.45, 7) is 0. The summed E-state index contributed by atoms with van der Waals surface area (Å²) >= 11 is 0. The zero-order chi connectivity index (χ0) is 18.8. The number of nitrogens with one attached hydrogen (secondary N) is 1. The van der Waals surface area contributed by atoms with Crippen LogP contribution in [0.15, 0.2) is 76.6 Å². The van der Waals surface area contributed by atoms with Crippen LogP contribution >= 0.6 is 0 Å². The van der Waals surface area contributed by atoms with E-state index in [-0.39, 0.29) is 11.3 Å². The number of benzene rings is 3. The molecule has 0 fully saturated rings. The molecule has 0 atom stereocenters. The first-order valence-corrected chi connectivity index (χ1v) is 8.42. The van der Waals surface area contributed by atoms with Gasteiger partial charge in [0.05, 0.1) is 11.6 Å². The summed E-state index contributed by atoms with van der Waals surface area (Å²) in [4.78, 5) is 24.7. The van der Waals surface area contributed by atoms with E-state index in [1.54, 1.807) is 30.5 Å². The van der Waals surface area contributed by atoms with E-state index >= 15 is 0 Å². The lowest BCUT2D eigenvalue weighted by Gasteiger charge is -2.06. The van der Waals surface area contributed by atoms with Crippen LogP contribution in [0, 0.1) is 0 Å². The molecule has 0 aliphatic heterocycles. The summed E-state index contributed by atoms with van der Waals surface area (Å²) in [5.74, 6) is -0.473. The van der Waals surface area contributed by atoms with E-state index in [0.717, 1.165) is 21.0 Å². The number of aromatic nitrogens is 2. The van der Waals surface area contributed by atoms with Gasteiger partial charge in [-0.15, -0.1) is 0 Å². The molecule has 0 radical (unpaired) electrons. The van der Waals surface area contributed by atoms with Gasteiger partial charge < -0.3 is 0 Å². The fourth-order valence-corrected chi connectivity index (χ4v) is 2.97. The van der Waals surface area contributed by atoms with Crippen LogP contribution in [-0.4, -0.2) is 21.9 Å². The summed E-state index contributed by atoms with van der Waals surface area (Å²) < 4.78 is 1.16. The van der Waals surface area contributed by atoms with Crippen LogP contribution in [0.5, 0.6) is 0 Å². The van der Waals surface area contributed by atoms with Gasteiger partial charge in [0, 0.05) is 12.4 Å². The Labute approximate surface area is 154 Å². The molecule has 6 heteroatoms. The van der Waals surface area contributed by atoms with Gasteiger partial charge in [-0.25, -0.2) is 10.1 Å². The highest BCUT2D eigenvalue weighted by Gasteiger charge is 2.14. The Bertz CT molecular complexity index is 1260. The molecule has 27 heavy (non-hydrogen) atoms. The molecule has 6 nitrogen and oxygen atoms in total. The minimum Gasteiger partial charge on any atom is -0.267 e. The van der Waals surface area contributed by atoms with Crippen molar-refractivity contribution in [2.45, 2.75) is 0 Å². The van der Waals surface area contributed by atoms with E-state index in [2.05, 4.69) is 15.6 Å². The number of hydrogen-bond acceptors (Lipinski definition) is 4. The van der Waals surface area contributed by atoms with Gasteiger partial charge in [-0.05, 0) is 28.5 Å². The fourth-order valence-electron chi connectivity index (χ4n) is 2.97. The zero-order valence-corrected chi connectivity index (χ0v) is 14.6. The maximum Gasteiger partial charge on any atom is 0.292 e. The molecule has 4 aromatic rings. The number of aryl methyl sites for hydroxylation is 1. The van der Waals surface area contributed by atoms with Crippen molar-refractivity contribution in [2.75, 3.05) is 0 Å². The first-order valence-electron chi connectivity index (χ1n) is 8.42. The smallest absolute Gasteiger partial charge is 0.267 e. The van der Waals surface area contributed by atoms with Gasteiger partial charge >= 0.3 is 0 Å². The number of hydrazone groups is 1. The summed E-state index contributed by atoms with van der Waals surface area (Å²) in [6, 6.07) is 20.8. The van der Waals surface area contributed by atoms with E-state index < -0.39 is 5.91 Å². The molecule has 1 aromatic heterocycles. The van der Waals surface area contributed by atoms with Gasteiger partial charge in [-0.3, -0.25) is 9.59 Å². The standard InChI is InChI=1S/C21H16N4O2/c1-25-21(27)18-9-5-4-8-17(18)19(24-25)20(26)23-22-13-14-10-11-15-6-2-3-7-16(15)12-14/h2-13H,1H3,(H,23,26)/b22-13-. The molecule has 0 unspecified atom stereocenters. The van der Waals surface area contributed by atoms with Crippen LogP contribution in [0.4, 0.5) is 0 Å². The molecule has 0 bridgehead atoms. The lowest BCUT2D eigenvalue weighted by molar-refractivity contribution is 0.0950. The van der Waals surface area contributed by atoms with Gasteiger partial charge in [0.1, 0.15) is 0 Å². The Morgan fingerprint density at radius 1 is 1.00 bits per heavy atom. The van der Waals surface area contributed by atoms with Crippen molar-refractivity contribution >= 4 is 33.7 Å². The molecule has 1 amide bonds. The quantitative estimate of drug-likeness (QED) is 0.453. The Kier molecular flexibility index (Phi) is 4.22. The number of carbonyl (C=O) groups is 1. The third kappa shape index (κ3) is 3.20. The molecular weight excluding hydrogens is 340 g/mol. The van der Waals surface area contributed by atoms with Crippen molar-refractivity contribution in [3.05, 3.63) is 88.3 Å². The number of hydrogen-bond donors (Lipinski definition) is 1. The van der Waals surface area contributed by atoms with E-state index in [1.807, 2.05) is 42.5 Å². The van der Waals surface area contributed by atoms with E-state index in [9.17, 15) is 9.59 Å². The summed E-state index contributed by atoms with van der Waals surface area (Å²) in [7, 11) is 1.52. The topological polar surface area (TPSA) is 76.3 Å². The maximum absolute atomic E-state index is 12.5. The molecule has 0 spiro atoms. The Hall–Kier alpha value is -3.80. The largest absolute Gasteiger partial charge is 0.292 e. The van der Waals surface area contributed by atoms with Crippen molar-refractivity contribution in [1.82, 2.24) is 15.2 Å². The zero-order valence-electron chi connectivity index (χ0n) is 14.6. The van der Waals surface area contributed by atoms with Crippen molar-refractivity contribution in [1.29, 1.82) is 0 Å². The molecule has 132 valence electrons. The van der Waals surface area contributed by atoms with Crippen LogP contribution < -0.4 is 11.0 Å². The van der Waals surface area contributed by atoms with Crippen LogP contribution in [0.1, 0.15) is 16.1 Å². The molecule has 0 aliphatic carbocycles. The number of carbonyl (C=O) groups excluding carboxylic acids is 1. The minimum absolute atomic E-state index is 0.156. The van der Waals surface area contributed by atoms with E-state index in [0.29, 0.717) is 10.8 Å². The highest BCUT2D eigenvalue weighted by Crippen LogP contribution is 2.15. The van der Waals surface area contributed by atoms with Crippen LogP contribution in [0.2, 0.25) is 0 Å². The molecule has 0 saturated carbocycles. The predicted octanol–water partition coefficient (Wildman–Crippen LogP) is 2.85. The SMILES string of the molecule is Cn1nc(C(=O)N/N=C\c2ccc3ccccc3c2)c2ccccc2c1=O. The van der Waals surface area contributed by atoms with Crippen LogP contribution in [-0.2, 0) is 7.05 Å². The third-order valence-electron chi connectivity index (χ3n) is 4.32. The van der Waals surface area contributed by atoms with Crippen LogP contribution in [0.25, 0.3) is 21.5 Å². The Morgan fingerprint density at radius 3 is 2.52 bits per heavy atom. The second kappa shape index (κ2) is 6.84. The second-order valence-electron chi connectivity index (χ2n) is 6.13. The van der Waals surface area contributed by atoms with Crippen molar-refractivity contribution in [3.8, 4) is 0 Å². The highest BCUT2D eigenvalue weighted by molar-refractivity contribution is 6.05. The molecule has 1 N–H and O–H groups in total. The van der Waals surface area contributed by atoms with Crippen molar-refractivity contribution < 1.29 is 4.79 Å². The van der Waals surface area contributed by atoms with Gasteiger partial charge in [0.2, 0.25) is 0 Å². The maximum atomic E-state index is 12.5. The van der Waals surface area contributed by atoms with Crippen molar-refractivity contribution in [2.24, 2.45) is 12.1 Å². The second-order valence-corrected chi connectivity index (χ2v) is 6.13. The van der Waals surface area contributed by atoms with E-state index in [1.165, 1.54) is 7.05 Å². The monoisotopic (exact) mass is 356 g/mol. The molecule has 0 aliphatic rings. The number of fused-ring (bicyclic) bond motifs is 2. The Morgan fingerprint density at radius 2 is 1.70 bits per heavy atom. The highest BCUT2D eigenvalue weighted by atomic mass is 16.2. The molecule has 0 saturated heterocycles. The van der Waals surface area contributed by atoms with Gasteiger partial charge in [-0.2, -0.15) is 10.2 Å². The first-order chi connectivity index (χ1) is 13.1. The molecule has 1 heterocycles. The average Bonchev–Trinajstić information content (AvgIpc) is 2.70.